The van der Waals surface area contributed by atoms with E-state index in [2.05, 4.69) is 14.9 Å². The first-order chi connectivity index (χ1) is 14.8. The monoisotopic (exact) mass is 456 g/mol. The van der Waals surface area contributed by atoms with Crippen LogP contribution in [-0.4, -0.2) is 60.8 Å². The maximum Gasteiger partial charge on any atom is 0.257 e. The van der Waals surface area contributed by atoms with E-state index in [4.69, 9.17) is 11.6 Å². The molecule has 2 N–H and O–H groups in total. The van der Waals surface area contributed by atoms with Crippen LogP contribution in [-0.2, 0) is 10.0 Å². The Kier molecular flexibility index (Phi) is 4.90. The number of sulfonamides is 1. The number of benzene rings is 2. The number of aromatic amines is 2. The molecule has 0 unspecified atom stereocenters. The van der Waals surface area contributed by atoms with Gasteiger partial charge in [0.2, 0.25) is 10.0 Å². The number of H-pyrrole nitrogens is 2. The number of hydrogen-bond acceptors (Lipinski definition) is 4. The molecule has 0 radical (unpaired) electrons. The smallest absolute Gasteiger partial charge is 0.257 e. The van der Waals surface area contributed by atoms with Gasteiger partial charge in [-0.15, -0.1) is 0 Å². The Morgan fingerprint density at radius 2 is 1.55 bits per heavy atom. The molecule has 0 bridgehead atoms. The molecule has 1 saturated heterocycles. The van der Waals surface area contributed by atoms with Crippen LogP contribution in [0.4, 0.5) is 0 Å². The summed E-state index contributed by atoms with van der Waals surface area (Å²) in [6.07, 6.45) is 0. The van der Waals surface area contributed by atoms with E-state index in [1.165, 1.54) is 4.31 Å². The lowest BCUT2D eigenvalue weighted by atomic mass is 10.1. The second-order valence-corrected chi connectivity index (χ2v) is 10.3. The normalized spacial score (nSPS) is 16.3. The molecular weight excluding hydrogens is 436 g/mol. The van der Waals surface area contributed by atoms with Crippen molar-refractivity contribution in [2.24, 2.45) is 0 Å². The Hall–Kier alpha value is -2.65. The third-order valence-corrected chi connectivity index (χ3v) is 7.92. The molecule has 9 heteroatoms. The zero-order valence-corrected chi connectivity index (χ0v) is 18.4. The summed E-state index contributed by atoms with van der Waals surface area (Å²) in [4.78, 5) is 21.1. The molecule has 4 aromatic rings. The fourth-order valence-corrected chi connectivity index (χ4v) is 5.61. The summed E-state index contributed by atoms with van der Waals surface area (Å²) in [7, 11) is -1.58. The lowest BCUT2D eigenvalue weighted by Gasteiger charge is -2.31. The minimum atomic E-state index is -3.56. The Morgan fingerprint density at radius 1 is 0.871 bits per heavy atom. The topological polar surface area (TPSA) is 89.3 Å². The summed E-state index contributed by atoms with van der Waals surface area (Å²) in [5.74, 6) is 0. The van der Waals surface area contributed by atoms with Crippen LogP contribution in [0.25, 0.3) is 33.1 Å². The quantitative estimate of drug-likeness (QED) is 0.495. The van der Waals surface area contributed by atoms with Crippen molar-refractivity contribution in [2.75, 3.05) is 33.2 Å². The zero-order valence-electron chi connectivity index (χ0n) is 16.9. The number of rotatable bonds is 3. The van der Waals surface area contributed by atoms with E-state index in [9.17, 15) is 13.2 Å². The number of nitrogens with one attached hydrogen (secondary N) is 2. The average molecular weight is 457 g/mol. The van der Waals surface area contributed by atoms with Crippen molar-refractivity contribution in [3.05, 3.63) is 63.9 Å². The van der Waals surface area contributed by atoms with E-state index in [1.807, 2.05) is 7.05 Å². The summed E-state index contributed by atoms with van der Waals surface area (Å²) in [5, 5.41) is 2.13. The van der Waals surface area contributed by atoms with Crippen molar-refractivity contribution in [3.8, 4) is 11.3 Å². The summed E-state index contributed by atoms with van der Waals surface area (Å²) in [6.45, 7) is 2.38. The third kappa shape index (κ3) is 3.65. The van der Waals surface area contributed by atoms with E-state index >= 15 is 0 Å². The summed E-state index contributed by atoms with van der Waals surface area (Å²) < 4.78 is 27.7. The molecule has 2 aromatic heterocycles. The predicted molar refractivity (Wildman–Crippen MR) is 123 cm³/mol. The van der Waals surface area contributed by atoms with Gasteiger partial charge in [0.05, 0.1) is 16.2 Å². The number of halogens is 1. The molecule has 0 saturated carbocycles. The molecule has 31 heavy (non-hydrogen) atoms. The van der Waals surface area contributed by atoms with Gasteiger partial charge in [-0.3, -0.25) is 4.79 Å². The van der Waals surface area contributed by atoms with Gasteiger partial charge in [-0.05, 0) is 55.6 Å². The van der Waals surface area contributed by atoms with Crippen molar-refractivity contribution in [1.82, 2.24) is 19.2 Å². The molecular formula is C22H21ClN4O3S. The molecule has 1 aliphatic rings. The second-order valence-electron chi connectivity index (χ2n) is 7.88. The van der Waals surface area contributed by atoms with Gasteiger partial charge in [0.15, 0.2) is 0 Å². The largest absolute Gasteiger partial charge is 0.354 e. The van der Waals surface area contributed by atoms with Gasteiger partial charge in [0.25, 0.3) is 5.56 Å². The third-order valence-electron chi connectivity index (χ3n) is 5.79. The zero-order chi connectivity index (χ0) is 21.8. The van der Waals surface area contributed by atoms with E-state index in [0.717, 1.165) is 16.3 Å². The summed E-state index contributed by atoms with van der Waals surface area (Å²) >= 11 is 6.09. The standard InChI is InChI=1S/C22H21ClN4O3S/c1-26-6-8-27(9-7-26)31(29,30)17-3-5-19-15(11-17)13-21(24-19)18-12-14-10-16(23)2-4-20(14)25-22(18)28/h2-5,10-13,24H,6-9H2,1H3,(H,25,28). The van der Waals surface area contributed by atoms with Crippen molar-refractivity contribution in [1.29, 1.82) is 0 Å². The average Bonchev–Trinajstić information content (AvgIpc) is 3.17. The van der Waals surface area contributed by atoms with Crippen molar-refractivity contribution < 1.29 is 8.42 Å². The van der Waals surface area contributed by atoms with Gasteiger partial charge in [0, 0.05) is 53.0 Å². The Bertz CT molecular complexity index is 1470. The van der Waals surface area contributed by atoms with E-state index in [0.29, 0.717) is 48.0 Å². The van der Waals surface area contributed by atoms with Crippen molar-refractivity contribution >= 4 is 43.4 Å². The number of aromatic nitrogens is 2. The molecule has 1 aliphatic heterocycles. The summed E-state index contributed by atoms with van der Waals surface area (Å²) in [5.41, 5.74) is 2.32. The fraction of sp³-hybridized carbons (Fsp3) is 0.227. The van der Waals surface area contributed by atoms with Crippen LogP contribution < -0.4 is 5.56 Å². The highest BCUT2D eigenvalue weighted by atomic mass is 35.5. The molecule has 0 amide bonds. The molecule has 0 atom stereocenters. The number of hydrogen-bond donors (Lipinski definition) is 2. The van der Waals surface area contributed by atoms with Crippen LogP contribution >= 0.6 is 11.6 Å². The first-order valence-corrected chi connectivity index (χ1v) is 11.8. The highest BCUT2D eigenvalue weighted by Gasteiger charge is 2.27. The van der Waals surface area contributed by atoms with Crippen LogP contribution in [0.1, 0.15) is 0 Å². The van der Waals surface area contributed by atoms with Gasteiger partial charge in [-0.1, -0.05) is 11.6 Å². The highest BCUT2D eigenvalue weighted by Crippen LogP contribution is 2.28. The van der Waals surface area contributed by atoms with Gasteiger partial charge in [0.1, 0.15) is 0 Å². The SMILES string of the molecule is CN1CCN(S(=O)(=O)c2ccc3[nH]c(-c4cc5cc(Cl)ccc5[nH]c4=O)cc3c2)CC1. The minimum Gasteiger partial charge on any atom is -0.354 e. The lowest BCUT2D eigenvalue weighted by Crippen LogP contribution is -2.46. The van der Waals surface area contributed by atoms with Gasteiger partial charge in [-0.2, -0.15) is 4.31 Å². The highest BCUT2D eigenvalue weighted by molar-refractivity contribution is 7.89. The molecule has 0 aliphatic carbocycles. The number of pyridine rings is 1. The Labute approximate surface area is 184 Å². The van der Waals surface area contributed by atoms with E-state index in [-0.39, 0.29) is 10.5 Å². The van der Waals surface area contributed by atoms with Gasteiger partial charge < -0.3 is 14.9 Å². The Morgan fingerprint density at radius 3 is 2.32 bits per heavy atom. The van der Waals surface area contributed by atoms with Crippen LogP contribution in [0.5, 0.6) is 0 Å². The van der Waals surface area contributed by atoms with Crippen molar-refractivity contribution in [3.63, 3.8) is 0 Å². The second kappa shape index (κ2) is 7.49. The molecule has 1 fully saturated rings. The van der Waals surface area contributed by atoms with Gasteiger partial charge in [-0.25, -0.2) is 8.42 Å². The first-order valence-electron chi connectivity index (χ1n) is 9.96. The van der Waals surface area contributed by atoms with Crippen LogP contribution in [0.3, 0.4) is 0 Å². The van der Waals surface area contributed by atoms with Crippen molar-refractivity contribution in [2.45, 2.75) is 4.90 Å². The van der Waals surface area contributed by atoms with Crippen LogP contribution in [0.15, 0.2) is 58.2 Å². The first kappa shape index (κ1) is 20.3. The number of nitrogens with zero attached hydrogens (tertiary/aromatic N) is 2. The summed E-state index contributed by atoms with van der Waals surface area (Å²) in [6, 6.07) is 13.9. The molecule has 2 aromatic carbocycles. The molecule has 5 rings (SSSR count). The minimum absolute atomic E-state index is 0.230. The Balaban J connectivity index is 1.55. The molecule has 160 valence electrons. The number of piperazine rings is 1. The molecule has 7 nitrogen and oxygen atoms in total. The van der Waals surface area contributed by atoms with E-state index < -0.39 is 10.0 Å². The molecule has 0 spiro atoms. The number of fused-ring (bicyclic) bond motifs is 2. The predicted octanol–water partition coefficient (Wildman–Crippen LogP) is 3.27. The fourth-order valence-electron chi connectivity index (χ4n) is 3.97. The number of likely N-dealkylation sites (N-methyl/N-ethyl adjacent to an activating group) is 1. The van der Waals surface area contributed by atoms with Crippen LogP contribution in [0.2, 0.25) is 5.02 Å². The maximum absolute atomic E-state index is 13.1. The lowest BCUT2D eigenvalue weighted by molar-refractivity contribution is 0.222. The molecule has 3 heterocycles. The van der Waals surface area contributed by atoms with Crippen LogP contribution in [0, 0.1) is 0 Å². The van der Waals surface area contributed by atoms with Gasteiger partial charge >= 0.3 is 0 Å². The van der Waals surface area contributed by atoms with E-state index in [1.54, 1.807) is 48.5 Å². The maximum atomic E-state index is 13.1.